The molecule has 0 heterocycles. The molecule has 2 nitrogen and oxygen atoms in total. The first-order chi connectivity index (χ1) is 7.23. The first-order valence-corrected chi connectivity index (χ1v) is 7.48. The van der Waals surface area contributed by atoms with Gasteiger partial charge < -0.3 is 9.47 Å². The van der Waals surface area contributed by atoms with E-state index in [4.69, 9.17) is 9.47 Å². The zero-order chi connectivity index (χ0) is 11.1. The molecule has 0 aromatic carbocycles. The lowest BCUT2D eigenvalue weighted by Crippen LogP contribution is -2.47. The van der Waals surface area contributed by atoms with Crippen molar-refractivity contribution in [2.75, 3.05) is 13.2 Å². The highest BCUT2D eigenvalue weighted by atomic mass is 28.1. The second kappa shape index (κ2) is 6.66. The van der Waals surface area contributed by atoms with E-state index in [9.17, 15) is 0 Å². The molecule has 0 saturated heterocycles. The van der Waals surface area contributed by atoms with Crippen LogP contribution in [0.5, 0.6) is 0 Å². The molecule has 0 aromatic rings. The molecule has 1 aliphatic rings. The molecule has 90 valence electrons. The SMILES string of the molecule is CCOC1CCCCCCC1([SiH3])OCC. The Morgan fingerprint density at radius 1 is 1.13 bits per heavy atom. The Kier molecular flexibility index (Phi) is 5.86. The van der Waals surface area contributed by atoms with Crippen molar-refractivity contribution >= 4 is 10.2 Å². The van der Waals surface area contributed by atoms with Crippen LogP contribution in [0, 0.1) is 0 Å². The van der Waals surface area contributed by atoms with Crippen molar-refractivity contribution in [3.05, 3.63) is 0 Å². The lowest BCUT2D eigenvalue weighted by molar-refractivity contribution is -0.104. The molecule has 0 aliphatic heterocycles. The monoisotopic (exact) mass is 230 g/mol. The van der Waals surface area contributed by atoms with E-state index in [1.54, 1.807) is 0 Å². The Morgan fingerprint density at radius 3 is 2.53 bits per heavy atom. The van der Waals surface area contributed by atoms with Crippen LogP contribution in [0.3, 0.4) is 0 Å². The molecule has 1 saturated carbocycles. The molecule has 1 fully saturated rings. The van der Waals surface area contributed by atoms with Crippen LogP contribution in [-0.4, -0.2) is 34.8 Å². The molecule has 15 heavy (non-hydrogen) atoms. The summed E-state index contributed by atoms with van der Waals surface area (Å²) in [6.45, 7) is 5.84. The Balaban J connectivity index is 2.62. The summed E-state index contributed by atoms with van der Waals surface area (Å²) in [7, 11) is 1.09. The smallest absolute Gasteiger partial charge is 0.0824 e. The van der Waals surface area contributed by atoms with Crippen molar-refractivity contribution in [1.82, 2.24) is 0 Å². The minimum atomic E-state index is 0.0885. The molecule has 0 amide bonds. The Labute approximate surface area is 97.1 Å². The summed E-state index contributed by atoms with van der Waals surface area (Å²) in [4.78, 5) is 0. The second-order valence-corrected chi connectivity index (χ2v) is 6.34. The normalized spacial score (nSPS) is 33.6. The summed E-state index contributed by atoms with van der Waals surface area (Å²) in [6, 6.07) is 0. The third-order valence-corrected chi connectivity index (χ3v) is 4.85. The fraction of sp³-hybridized carbons (Fsp3) is 1.00. The third kappa shape index (κ3) is 3.89. The first-order valence-electron chi connectivity index (χ1n) is 6.48. The van der Waals surface area contributed by atoms with Crippen molar-refractivity contribution in [1.29, 1.82) is 0 Å². The summed E-state index contributed by atoms with van der Waals surface area (Å²) < 4.78 is 11.9. The standard InChI is InChI=1S/C12H26O2Si/c1-3-13-11-9-7-5-6-8-10-12(11,15)14-4-2/h11H,3-10H2,1-2,15H3. The van der Waals surface area contributed by atoms with Gasteiger partial charge in [-0.15, -0.1) is 0 Å². The summed E-state index contributed by atoms with van der Waals surface area (Å²) in [5.41, 5.74) is 0. The van der Waals surface area contributed by atoms with Crippen LogP contribution in [0.2, 0.25) is 0 Å². The van der Waals surface area contributed by atoms with E-state index in [0.29, 0.717) is 6.10 Å². The van der Waals surface area contributed by atoms with Crippen LogP contribution in [0.1, 0.15) is 52.4 Å². The third-order valence-electron chi connectivity index (χ3n) is 3.41. The Hall–Kier alpha value is 0.137. The number of rotatable bonds is 4. The van der Waals surface area contributed by atoms with Gasteiger partial charge >= 0.3 is 0 Å². The van der Waals surface area contributed by atoms with Gasteiger partial charge in [-0.2, -0.15) is 0 Å². The highest BCUT2D eigenvalue weighted by Crippen LogP contribution is 2.29. The minimum Gasteiger partial charge on any atom is -0.377 e. The van der Waals surface area contributed by atoms with Gasteiger partial charge in [0.1, 0.15) is 0 Å². The lowest BCUT2D eigenvalue weighted by atomic mass is 9.95. The number of hydrogen-bond donors (Lipinski definition) is 0. The molecule has 1 rings (SSSR count). The summed E-state index contributed by atoms with van der Waals surface area (Å²) >= 11 is 0. The van der Waals surface area contributed by atoms with Crippen LogP contribution in [0.4, 0.5) is 0 Å². The highest BCUT2D eigenvalue weighted by Gasteiger charge is 2.35. The lowest BCUT2D eigenvalue weighted by Gasteiger charge is -2.39. The van der Waals surface area contributed by atoms with Crippen molar-refractivity contribution in [2.24, 2.45) is 0 Å². The Bertz CT molecular complexity index is 175. The molecule has 2 unspecified atom stereocenters. The van der Waals surface area contributed by atoms with Crippen LogP contribution in [-0.2, 0) is 9.47 Å². The zero-order valence-corrected chi connectivity index (χ0v) is 12.6. The van der Waals surface area contributed by atoms with Crippen molar-refractivity contribution in [2.45, 2.75) is 63.7 Å². The number of hydrogen-bond acceptors (Lipinski definition) is 2. The average molecular weight is 230 g/mol. The Morgan fingerprint density at radius 2 is 1.87 bits per heavy atom. The molecular weight excluding hydrogens is 204 g/mol. The fourth-order valence-electron chi connectivity index (χ4n) is 2.58. The van der Waals surface area contributed by atoms with Crippen molar-refractivity contribution < 1.29 is 9.47 Å². The molecule has 3 heteroatoms. The van der Waals surface area contributed by atoms with Crippen molar-refractivity contribution in [3.63, 3.8) is 0 Å². The maximum atomic E-state index is 6.01. The van der Waals surface area contributed by atoms with Crippen LogP contribution in [0.25, 0.3) is 0 Å². The van der Waals surface area contributed by atoms with Gasteiger partial charge in [0.2, 0.25) is 0 Å². The van der Waals surface area contributed by atoms with E-state index in [1.165, 1.54) is 38.5 Å². The van der Waals surface area contributed by atoms with E-state index in [2.05, 4.69) is 13.8 Å². The molecule has 0 N–H and O–H groups in total. The van der Waals surface area contributed by atoms with Gasteiger partial charge in [0, 0.05) is 23.5 Å². The maximum Gasteiger partial charge on any atom is 0.0824 e. The maximum absolute atomic E-state index is 6.01. The second-order valence-electron chi connectivity index (χ2n) is 4.64. The van der Waals surface area contributed by atoms with Gasteiger partial charge in [-0.25, -0.2) is 0 Å². The highest BCUT2D eigenvalue weighted by molar-refractivity contribution is 6.15. The van der Waals surface area contributed by atoms with E-state index in [1.807, 2.05) is 0 Å². The summed E-state index contributed by atoms with van der Waals surface area (Å²) in [5.74, 6) is 0. The predicted molar refractivity (Wildman–Crippen MR) is 67.4 cm³/mol. The van der Waals surface area contributed by atoms with Crippen molar-refractivity contribution in [3.8, 4) is 0 Å². The summed E-state index contributed by atoms with van der Waals surface area (Å²) in [6.07, 6.45) is 8.11. The van der Waals surface area contributed by atoms with Crippen LogP contribution < -0.4 is 0 Å². The van der Waals surface area contributed by atoms with Gasteiger partial charge in [0.15, 0.2) is 0 Å². The van der Waals surface area contributed by atoms with E-state index in [0.717, 1.165) is 23.5 Å². The minimum absolute atomic E-state index is 0.0885. The van der Waals surface area contributed by atoms with Crippen LogP contribution >= 0.6 is 0 Å². The van der Waals surface area contributed by atoms with Gasteiger partial charge in [-0.05, 0) is 26.7 Å². The molecule has 0 bridgehead atoms. The zero-order valence-electron chi connectivity index (χ0n) is 10.6. The number of ether oxygens (including phenoxy) is 2. The summed E-state index contributed by atoms with van der Waals surface area (Å²) in [5, 5.41) is 0.0885. The molecule has 0 spiro atoms. The fourth-order valence-corrected chi connectivity index (χ4v) is 3.68. The predicted octanol–water partition coefficient (Wildman–Crippen LogP) is 1.84. The van der Waals surface area contributed by atoms with E-state index >= 15 is 0 Å². The average Bonchev–Trinajstić information content (AvgIpc) is 2.19. The van der Waals surface area contributed by atoms with Gasteiger partial charge in [0.05, 0.1) is 11.3 Å². The molecule has 1 aliphatic carbocycles. The quantitative estimate of drug-likeness (QED) is 0.686. The van der Waals surface area contributed by atoms with E-state index < -0.39 is 0 Å². The molecule has 2 atom stereocenters. The largest absolute Gasteiger partial charge is 0.377 e. The topological polar surface area (TPSA) is 18.5 Å². The van der Waals surface area contributed by atoms with Gasteiger partial charge in [-0.3, -0.25) is 0 Å². The molecular formula is C12H26O2Si. The molecule has 0 radical (unpaired) electrons. The van der Waals surface area contributed by atoms with E-state index in [-0.39, 0.29) is 5.22 Å². The molecule has 0 aromatic heterocycles. The first kappa shape index (κ1) is 13.2. The van der Waals surface area contributed by atoms with Gasteiger partial charge in [-0.1, -0.05) is 25.7 Å². The van der Waals surface area contributed by atoms with Crippen LogP contribution in [0.15, 0.2) is 0 Å². The van der Waals surface area contributed by atoms with Gasteiger partial charge in [0.25, 0.3) is 0 Å².